The maximum atomic E-state index is 11.6. The van der Waals surface area contributed by atoms with Crippen molar-refractivity contribution in [2.45, 2.75) is 32.8 Å². The number of hydrogen-bond acceptors (Lipinski definition) is 4. The van der Waals surface area contributed by atoms with Crippen molar-refractivity contribution in [1.82, 2.24) is 0 Å². The third-order valence-corrected chi connectivity index (χ3v) is 3.76. The lowest BCUT2D eigenvalue weighted by molar-refractivity contribution is -0.164. The van der Waals surface area contributed by atoms with E-state index in [2.05, 4.69) is 6.92 Å². The zero-order valence-electron chi connectivity index (χ0n) is 12.3. The molecule has 0 unspecified atom stereocenters. The van der Waals surface area contributed by atoms with Crippen LogP contribution in [0.1, 0.15) is 26.7 Å². The SMILES string of the molecule is COc1ccc(OCC[C@H]2OC(=O)[C@H](C)C[C@@H]2C)cc1. The Morgan fingerprint density at radius 2 is 1.85 bits per heavy atom. The smallest absolute Gasteiger partial charge is 0.308 e. The molecule has 20 heavy (non-hydrogen) atoms. The Balaban J connectivity index is 1.78. The van der Waals surface area contributed by atoms with E-state index in [9.17, 15) is 4.79 Å². The summed E-state index contributed by atoms with van der Waals surface area (Å²) in [6.07, 6.45) is 1.59. The minimum Gasteiger partial charge on any atom is -0.497 e. The highest BCUT2D eigenvalue weighted by atomic mass is 16.5. The van der Waals surface area contributed by atoms with Gasteiger partial charge in [0.2, 0.25) is 0 Å². The van der Waals surface area contributed by atoms with E-state index in [0.29, 0.717) is 12.5 Å². The fourth-order valence-corrected chi connectivity index (χ4v) is 2.50. The van der Waals surface area contributed by atoms with Crippen LogP contribution in [0, 0.1) is 11.8 Å². The van der Waals surface area contributed by atoms with Crippen molar-refractivity contribution < 1.29 is 19.0 Å². The summed E-state index contributed by atoms with van der Waals surface area (Å²) in [7, 11) is 1.63. The molecule has 1 aliphatic heterocycles. The summed E-state index contributed by atoms with van der Waals surface area (Å²) in [5.41, 5.74) is 0. The number of esters is 1. The van der Waals surface area contributed by atoms with Crippen molar-refractivity contribution in [2.75, 3.05) is 13.7 Å². The first kappa shape index (κ1) is 14.7. The minimum absolute atomic E-state index is 0.0174. The number of carbonyl (C=O) groups is 1. The molecule has 0 spiro atoms. The van der Waals surface area contributed by atoms with Crippen LogP contribution < -0.4 is 9.47 Å². The number of ether oxygens (including phenoxy) is 3. The van der Waals surface area contributed by atoms with Gasteiger partial charge in [0.25, 0.3) is 0 Å². The van der Waals surface area contributed by atoms with Gasteiger partial charge in [0.1, 0.15) is 17.6 Å². The highest BCUT2D eigenvalue weighted by Crippen LogP contribution is 2.27. The van der Waals surface area contributed by atoms with E-state index >= 15 is 0 Å². The molecule has 0 bridgehead atoms. The molecule has 0 N–H and O–H groups in total. The largest absolute Gasteiger partial charge is 0.497 e. The molecular weight excluding hydrogens is 256 g/mol. The average molecular weight is 278 g/mol. The summed E-state index contributed by atoms with van der Waals surface area (Å²) < 4.78 is 16.2. The van der Waals surface area contributed by atoms with Crippen molar-refractivity contribution in [2.24, 2.45) is 11.8 Å². The van der Waals surface area contributed by atoms with E-state index in [-0.39, 0.29) is 18.0 Å². The summed E-state index contributed by atoms with van der Waals surface area (Å²) in [6.45, 7) is 4.59. The number of methoxy groups -OCH3 is 1. The van der Waals surface area contributed by atoms with Crippen LogP contribution in [0.2, 0.25) is 0 Å². The summed E-state index contributed by atoms with van der Waals surface area (Å²) in [4.78, 5) is 11.6. The monoisotopic (exact) mass is 278 g/mol. The third kappa shape index (κ3) is 3.65. The van der Waals surface area contributed by atoms with Crippen LogP contribution in [0.4, 0.5) is 0 Å². The Morgan fingerprint density at radius 1 is 1.20 bits per heavy atom. The highest BCUT2D eigenvalue weighted by molar-refractivity contribution is 5.72. The van der Waals surface area contributed by atoms with Crippen LogP contribution in [0.15, 0.2) is 24.3 Å². The lowest BCUT2D eigenvalue weighted by Gasteiger charge is -2.31. The maximum Gasteiger partial charge on any atom is 0.308 e. The van der Waals surface area contributed by atoms with Gasteiger partial charge in [0.15, 0.2) is 0 Å². The van der Waals surface area contributed by atoms with Gasteiger partial charge in [0.05, 0.1) is 19.6 Å². The number of rotatable bonds is 5. The van der Waals surface area contributed by atoms with Crippen LogP contribution in [0.3, 0.4) is 0 Å². The molecule has 1 aliphatic rings. The average Bonchev–Trinajstić information content (AvgIpc) is 2.45. The molecule has 0 amide bonds. The third-order valence-electron chi connectivity index (χ3n) is 3.76. The molecule has 0 radical (unpaired) electrons. The molecule has 3 atom stereocenters. The maximum absolute atomic E-state index is 11.6. The number of carbonyl (C=O) groups excluding carboxylic acids is 1. The highest BCUT2D eigenvalue weighted by Gasteiger charge is 2.32. The Hall–Kier alpha value is -1.71. The minimum atomic E-state index is -0.0856. The van der Waals surface area contributed by atoms with Crippen molar-refractivity contribution in [3.8, 4) is 11.5 Å². The number of benzene rings is 1. The zero-order chi connectivity index (χ0) is 14.5. The first-order valence-corrected chi connectivity index (χ1v) is 7.07. The number of hydrogen-bond donors (Lipinski definition) is 0. The van der Waals surface area contributed by atoms with Crippen LogP contribution >= 0.6 is 0 Å². The summed E-state index contributed by atoms with van der Waals surface area (Å²) in [5, 5.41) is 0. The Kier molecular flexibility index (Phi) is 4.88. The Morgan fingerprint density at radius 3 is 2.50 bits per heavy atom. The summed E-state index contributed by atoms with van der Waals surface area (Å²) in [5.74, 6) is 1.93. The Bertz CT molecular complexity index is 440. The topological polar surface area (TPSA) is 44.8 Å². The first-order chi connectivity index (χ1) is 9.60. The first-order valence-electron chi connectivity index (χ1n) is 7.07. The lowest BCUT2D eigenvalue weighted by atomic mass is 9.88. The predicted octanol–water partition coefficient (Wildman–Crippen LogP) is 3.05. The molecule has 0 saturated carbocycles. The van der Waals surface area contributed by atoms with Crippen molar-refractivity contribution in [1.29, 1.82) is 0 Å². The van der Waals surface area contributed by atoms with Gasteiger partial charge in [-0.1, -0.05) is 13.8 Å². The fraction of sp³-hybridized carbons (Fsp3) is 0.562. The van der Waals surface area contributed by atoms with E-state index in [1.54, 1.807) is 7.11 Å². The van der Waals surface area contributed by atoms with Gasteiger partial charge in [-0.3, -0.25) is 4.79 Å². The molecule has 0 aromatic heterocycles. The second kappa shape index (κ2) is 6.64. The standard InChI is InChI=1S/C16H22O4/c1-11-10-12(2)16(17)20-15(11)8-9-19-14-6-4-13(18-3)5-7-14/h4-7,11-12,15H,8-10H2,1-3H3/t11-,12+,15+/m0/s1. The van der Waals surface area contributed by atoms with Crippen molar-refractivity contribution in [3.63, 3.8) is 0 Å². The van der Waals surface area contributed by atoms with Crippen molar-refractivity contribution in [3.05, 3.63) is 24.3 Å². The van der Waals surface area contributed by atoms with Gasteiger partial charge >= 0.3 is 5.97 Å². The van der Waals surface area contributed by atoms with Crippen LogP contribution in [0.5, 0.6) is 11.5 Å². The molecule has 2 rings (SSSR count). The molecule has 1 fully saturated rings. The van der Waals surface area contributed by atoms with Crippen LogP contribution in [-0.2, 0) is 9.53 Å². The van der Waals surface area contributed by atoms with E-state index in [1.807, 2.05) is 31.2 Å². The summed E-state index contributed by atoms with van der Waals surface area (Å²) in [6, 6.07) is 7.47. The van der Waals surface area contributed by atoms with Gasteiger partial charge in [-0.05, 0) is 36.6 Å². The van der Waals surface area contributed by atoms with E-state index in [1.165, 1.54) is 0 Å². The van der Waals surface area contributed by atoms with E-state index in [0.717, 1.165) is 24.3 Å². The molecule has 0 aliphatic carbocycles. The zero-order valence-corrected chi connectivity index (χ0v) is 12.3. The normalized spacial score (nSPS) is 25.9. The van der Waals surface area contributed by atoms with Gasteiger partial charge in [0, 0.05) is 6.42 Å². The quantitative estimate of drug-likeness (QED) is 0.777. The van der Waals surface area contributed by atoms with Crippen LogP contribution in [-0.4, -0.2) is 25.8 Å². The van der Waals surface area contributed by atoms with Gasteiger partial charge in [-0.2, -0.15) is 0 Å². The second-order valence-electron chi connectivity index (χ2n) is 5.40. The molecule has 110 valence electrons. The molecule has 1 saturated heterocycles. The van der Waals surface area contributed by atoms with Crippen molar-refractivity contribution >= 4 is 5.97 Å². The molecule has 4 nitrogen and oxygen atoms in total. The molecule has 4 heteroatoms. The molecule has 1 heterocycles. The van der Waals surface area contributed by atoms with E-state index in [4.69, 9.17) is 14.2 Å². The van der Waals surface area contributed by atoms with Crippen LogP contribution in [0.25, 0.3) is 0 Å². The lowest BCUT2D eigenvalue weighted by Crippen LogP contribution is -2.36. The number of cyclic esters (lactones) is 1. The fourth-order valence-electron chi connectivity index (χ4n) is 2.50. The van der Waals surface area contributed by atoms with Gasteiger partial charge in [-0.15, -0.1) is 0 Å². The van der Waals surface area contributed by atoms with Gasteiger partial charge < -0.3 is 14.2 Å². The van der Waals surface area contributed by atoms with Gasteiger partial charge in [-0.25, -0.2) is 0 Å². The van der Waals surface area contributed by atoms with E-state index < -0.39 is 0 Å². The predicted molar refractivity (Wildman–Crippen MR) is 75.9 cm³/mol. The second-order valence-corrected chi connectivity index (χ2v) is 5.40. The molecule has 1 aromatic carbocycles. The molecule has 1 aromatic rings. The molecular formula is C16H22O4. The summed E-state index contributed by atoms with van der Waals surface area (Å²) >= 11 is 0. The Labute approximate surface area is 120 Å².